The molecule has 168 valence electrons. The second-order valence-corrected chi connectivity index (χ2v) is 9.27. The topological polar surface area (TPSA) is 26.3 Å². The van der Waals surface area contributed by atoms with Crippen molar-refractivity contribution in [3.8, 4) is 22.3 Å². The van der Waals surface area contributed by atoms with E-state index in [0.717, 1.165) is 65.8 Å². The zero-order chi connectivity index (χ0) is 23.6. The molecule has 8 aromatic rings. The third-order valence-electron chi connectivity index (χ3n) is 7.25. The zero-order valence-corrected chi connectivity index (χ0v) is 19.4. The van der Waals surface area contributed by atoms with E-state index in [1.54, 1.807) is 0 Å². The SMILES string of the molecule is c1ccc(-c2c3cc4oc5ccccc5c4c(-c4ccccc4)c3cc3oc4ccccc4c23)cc1. The molecule has 2 heterocycles. The molecule has 6 aromatic carbocycles. The number of rotatable bonds is 2. The van der Waals surface area contributed by atoms with Crippen LogP contribution in [0.1, 0.15) is 0 Å². The highest BCUT2D eigenvalue weighted by Gasteiger charge is 2.22. The van der Waals surface area contributed by atoms with Gasteiger partial charge in [0.05, 0.1) is 0 Å². The summed E-state index contributed by atoms with van der Waals surface area (Å²) in [6.45, 7) is 0. The molecule has 8 rings (SSSR count). The minimum absolute atomic E-state index is 0.895. The van der Waals surface area contributed by atoms with E-state index in [0.29, 0.717) is 0 Å². The van der Waals surface area contributed by atoms with Crippen molar-refractivity contribution in [2.75, 3.05) is 0 Å². The van der Waals surface area contributed by atoms with Crippen LogP contribution in [0.3, 0.4) is 0 Å². The highest BCUT2D eigenvalue weighted by atomic mass is 16.3. The quantitative estimate of drug-likeness (QED) is 0.256. The molecule has 0 aliphatic heterocycles. The number of benzene rings is 6. The second-order valence-electron chi connectivity index (χ2n) is 9.27. The molecule has 0 radical (unpaired) electrons. The van der Waals surface area contributed by atoms with Crippen LogP contribution in [-0.4, -0.2) is 0 Å². The second kappa shape index (κ2) is 7.34. The van der Waals surface area contributed by atoms with E-state index in [1.807, 2.05) is 24.3 Å². The Morgan fingerprint density at radius 1 is 0.333 bits per heavy atom. The lowest BCUT2D eigenvalue weighted by Gasteiger charge is -2.14. The van der Waals surface area contributed by atoms with Crippen LogP contribution < -0.4 is 0 Å². The van der Waals surface area contributed by atoms with Crippen LogP contribution in [0, 0.1) is 0 Å². The van der Waals surface area contributed by atoms with E-state index >= 15 is 0 Å². The summed E-state index contributed by atoms with van der Waals surface area (Å²) < 4.78 is 12.9. The molecular weight excluding hydrogens is 440 g/mol. The Labute approximate surface area is 207 Å². The van der Waals surface area contributed by atoms with Crippen LogP contribution >= 0.6 is 0 Å². The molecule has 2 aromatic heterocycles. The van der Waals surface area contributed by atoms with Crippen molar-refractivity contribution < 1.29 is 8.83 Å². The van der Waals surface area contributed by atoms with E-state index < -0.39 is 0 Å². The van der Waals surface area contributed by atoms with Gasteiger partial charge < -0.3 is 8.83 Å². The fraction of sp³-hybridized carbons (Fsp3) is 0. The van der Waals surface area contributed by atoms with Crippen molar-refractivity contribution in [3.63, 3.8) is 0 Å². The maximum Gasteiger partial charge on any atom is 0.136 e. The standard InChI is InChI=1S/C34H20O2/c1-3-11-21(12-4-1)31-25-19-30-34(24-16-8-10-18-28(24)36-30)32(22-13-5-2-6-14-22)26(25)20-29-33(31)23-15-7-9-17-27(23)35-29/h1-20H. The molecule has 0 saturated heterocycles. The van der Waals surface area contributed by atoms with Gasteiger partial charge in [0.25, 0.3) is 0 Å². The molecule has 0 fully saturated rings. The normalized spacial score (nSPS) is 11.9. The largest absolute Gasteiger partial charge is 0.456 e. The van der Waals surface area contributed by atoms with E-state index in [2.05, 4.69) is 97.1 Å². The minimum atomic E-state index is 0.895. The highest BCUT2D eigenvalue weighted by Crippen LogP contribution is 2.48. The maximum absolute atomic E-state index is 6.47. The molecule has 0 spiro atoms. The monoisotopic (exact) mass is 460 g/mol. The lowest BCUT2D eigenvalue weighted by Crippen LogP contribution is -1.88. The lowest BCUT2D eigenvalue weighted by atomic mass is 9.87. The Balaban J connectivity index is 1.68. The summed E-state index contributed by atoms with van der Waals surface area (Å²) in [4.78, 5) is 0. The van der Waals surface area contributed by atoms with Crippen LogP contribution in [0.15, 0.2) is 130 Å². The van der Waals surface area contributed by atoms with E-state index in [9.17, 15) is 0 Å². The first kappa shape index (κ1) is 19.5. The first-order valence-electron chi connectivity index (χ1n) is 12.2. The Morgan fingerprint density at radius 2 is 0.722 bits per heavy atom. The molecule has 0 atom stereocenters. The van der Waals surface area contributed by atoms with Gasteiger partial charge in [0.2, 0.25) is 0 Å². The average Bonchev–Trinajstić information content (AvgIpc) is 3.49. The van der Waals surface area contributed by atoms with Gasteiger partial charge in [-0.1, -0.05) is 97.1 Å². The highest BCUT2D eigenvalue weighted by molar-refractivity contribution is 6.28. The zero-order valence-electron chi connectivity index (χ0n) is 19.4. The summed E-state index contributed by atoms with van der Waals surface area (Å²) in [6, 6.07) is 42.3. The summed E-state index contributed by atoms with van der Waals surface area (Å²) in [5.41, 5.74) is 8.26. The summed E-state index contributed by atoms with van der Waals surface area (Å²) in [5.74, 6) is 0. The Hall–Kier alpha value is -4.82. The van der Waals surface area contributed by atoms with Gasteiger partial charge in [-0.2, -0.15) is 0 Å². The third kappa shape index (κ3) is 2.67. The van der Waals surface area contributed by atoms with Crippen molar-refractivity contribution in [1.29, 1.82) is 0 Å². The molecule has 0 bridgehead atoms. The average molecular weight is 461 g/mol. The Morgan fingerprint density at radius 3 is 1.17 bits per heavy atom. The number of para-hydroxylation sites is 2. The molecule has 0 unspecified atom stereocenters. The van der Waals surface area contributed by atoms with Gasteiger partial charge in [-0.15, -0.1) is 0 Å². The molecule has 2 heteroatoms. The van der Waals surface area contributed by atoms with Crippen molar-refractivity contribution in [2.24, 2.45) is 0 Å². The molecule has 0 N–H and O–H groups in total. The van der Waals surface area contributed by atoms with Crippen molar-refractivity contribution in [1.82, 2.24) is 0 Å². The van der Waals surface area contributed by atoms with Gasteiger partial charge in [-0.25, -0.2) is 0 Å². The molecule has 0 saturated carbocycles. The molecular formula is C34H20O2. The predicted octanol–water partition coefficient (Wildman–Crippen LogP) is 9.97. The van der Waals surface area contributed by atoms with Crippen LogP contribution in [0.5, 0.6) is 0 Å². The van der Waals surface area contributed by atoms with Crippen LogP contribution in [0.4, 0.5) is 0 Å². The smallest absolute Gasteiger partial charge is 0.136 e. The summed E-state index contributed by atoms with van der Waals surface area (Å²) in [5, 5.41) is 6.84. The number of hydrogen-bond donors (Lipinski definition) is 0. The number of hydrogen-bond acceptors (Lipinski definition) is 2. The molecule has 36 heavy (non-hydrogen) atoms. The first-order valence-corrected chi connectivity index (χ1v) is 12.2. The van der Waals surface area contributed by atoms with Crippen molar-refractivity contribution >= 4 is 54.6 Å². The van der Waals surface area contributed by atoms with E-state index in [1.165, 1.54) is 11.1 Å². The van der Waals surface area contributed by atoms with E-state index in [-0.39, 0.29) is 0 Å². The van der Waals surface area contributed by atoms with Gasteiger partial charge >= 0.3 is 0 Å². The van der Waals surface area contributed by atoms with Gasteiger partial charge in [-0.05, 0) is 46.2 Å². The summed E-state index contributed by atoms with van der Waals surface area (Å²) >= 11 is 0. The first-order chi connectivity index (χ1) is 17.9. The third-order valence-corrected chi connectivity index (χ3v) is 7.25. The van der Waals surface area contributed by atoms with Crippen LogP contribution in [0.2, 0.25) is 0 Å². The number of fused-ring (bicyclic) bond motifs is 7. The summed E-state index contributed by atoms with van der Waals surface area (Å²) in [7, 11) is 0. The van der Waals surface area contributed by atoms with Crippen LogP contribution in [-0.2, 0) is 0 Å². The molecule has 2 nitrogen and oxygen atoms in total. The molecule has 0 aliphatic carbocycles. The van der Waals surface area contributed by atoms with Crippen LogP contribution in [0.25, 0.3) is 76.9 Å². The number of furan rings is 2. The van der Waals surface area contributed by atoms with E-state index in [4.69, 9.17) is 8.83 Å². The fourth-order valence-electron chi connectivity index (χ4n) is 5.76. The van der Waals surface area contributed by atoms with Gasteiger partial charge in [0.15, 0.2) is 0 Å². The van der Waals surface area contributed by atoms with Gasteiger partial charge in [0, 0.05) is 32.7 Å². The fourth-order valence-corrected chi connectivity index (χ4v) is 5.76. The predicted molar refractivity (Wildman–Crippen MR) is 149 cm³/mol. The van der Waals surface area contributed by atoms with Crippen molar-refractivity contribution in [2.45, 2.75) is 0 Å². The molecule has 0 aliphatic rings. The lowest BCUT2D eigenvalue weighted by molar-refractivity contribution is 0.668. The Kier molecular flexibility index (Phi) is 3.97. The molecule has 0 amide bonds. The van der Waals surface area contributed by atoms with Gasteiger partial charge in [0.1, 0.15) is 22.3 Å². The minimum Gasteiger partial charge on any atom is -0.456 e. The maximum atomic E-state index is 6.47. The Bertz CT molecular complexity index is 1920. The summed E-state index contributed by atoms with van der Waals surface area (Å²) in [6.07, 6.45) is 0. The van der Waals surface area contributed by atoms with Crippen molar-refractivity contribution in [3.05, 3.63) is 121 Å². The van der Waals surface area contributed by atoms with Gasteiger partial charge in [-0.3, -0.25) is 0 Å².